The first kappa shape index (κ1) is 23.3. The summed E-state index contributed by atoms with van der Waals surface area (Å²) >= 11 is 0. The number of ketones is 1. The highest BCUT2D eigenvalue weighted by molar-refractivity contribution is 5.93. The Kier molecular flexibility index (Phi) is 10.5. The first-order chi connectivity index (χ1) is 13.3. The highest BCUT2D eigenvalue weighted by atomic mass is 16.2. The summed E-state index contributed by atoms with van der Waals surface area (Å²) < 4.78 is 0. The SMILES string of the molecule is CCNCC(=O)NCC(=O)NC(Cc1ccccc1)C(=O)NCC(=O)C(C)C. The fourth-order valence-electron chi connectivity index (χ4n) is 2.29. The average molecular weight is 390 g/mol. The summed E-state index contributed by atoms with van der Waals surface area (Å²) in [4.78, 5) is 48.0. The van der Waals surface area contributed by atoms with Crippen molar-refractivity contribution in [2.75, 3.05) is 26.2 Å². The zero-order chi connectivity index (χ0) is 20.9. The maximum absolute atomic E-state index is 12.5. The second-order valence-corrected chi connectivity index (χ2v) is 6.71. The molecule has 1 atom stereocenters. The molecule has 4 N–H and O–H groups in total. The summed E-state index contributed by atoms with van der Waals surface area (Å²) in [7, 11) is 0. The van der Waals surface area contributed by atoms with Crippen LogP contribution in [0.2, 0.25) is 0 Å². The van der Waals surface area contributed by atoms with Crippen molar-refractivity contribution >= 4 is 23.5 Å². The van der Waals surface area contributed by atoms with Gasteiger partial charge in [-0.25, -0.2) is 0 Å². The van der Waals surface area contributed by atoms with Crippen LogP contribution in [0.3, 0.4) is 0 Å². The number of hydrogen-bond acceptors (Lipinski definition) is 5. The van der Waals surface area contributed by atoms with Crippen LogP contribution in [-0.4, -0.2) is 55.7 Å². The molecule has 3 amide bonds. The van der Waals surface area contributed by atoms with Crippen LogP contribution in [0.15, 0.2) is 30.3 Å². The van der Waals surface area contributed by atoms with Crippen molar-refractivity contribution in [1.29, 1.82) is 0 Å². The molecule has 8 heteroatoms. The molecule has 1 unspecified atom stereocenters. The lowest BCUT2D eigenvalue weighted by Crippen LogP contribution is -2.51. The second kappa shape index (κ2) is 12.6. The van der Waals surface area contributed by atoms with Crippen molar-refractivity contribution in [3.05, 3.63) is 35.9 Å². The molecule has 0 aliphatic rings. The molecular formula is C20H30N4O4. The summed E-state index contributed by atoms with van der Waals surface area (Å²) in [6.45, 7) is 5.84. The van der Waals surface area contributed by atoms with E-state index in [2.05, 4.69) is 21.3 Å². The van der Waals surface area contributed by atoms with Crippen LogP contribution in [0, 0.1) is 5.92 Å². The molecule has 0 aliphatic carbocycles. The molecule has 0 heterocycles. The third-order valence-electron chi connectivity index (χ3n) is 4.00. The molecule has 0 saturated carbocycles. The van der Waals surface area contributed by atoms with Gasteiger partial charge in [-0.15, -0.1) is 0 Å². The first-order valence-corrected chi connectivity index (χ1v) is 9.44. The Hall–Kier alpha value is -2.74. The molecular weight excluding hydrogens is 360 g/mol. The summed E-state index contributed by atoms with van der Waals surface area (Å²) in [5, 5.41) is 10.6. The van der Waals surface area contributed by atoms with Gasteiger partial charge in [0.15, 0.2) is 5.78 Å². The molecule has 28 heavy (non-hydrogen) atoms. The average Bonchev–Trinajstić information content (AvgIpc) is 2.68. The number of nitrogens with one attached hydrogen (secondary N) is 4. The van der Waals surface area contributed by atoms with E-state index < -0.39 is 17.9 Å². The van der Waals surface area contributed by atoms with E-state index >= 15 is 0 Å². The van der Waals surface area contributed by atoms with Crippen LogP contribution in [0.5, 0.6) is 0 Å². The van der Waals surface area contributed by atoms with Crippen molar-refractivity contribution in [2.24, 2.45) is 5.92 Å². The molecule has 0 aromatic heterocycles. The molecule has 1 aromatic rings. The molecule has 0 fully saturated rings. The van der Waals surface area contributed by atoms with E-state index in [-0.39, 0.29) is 43.7 Å². The molecule has 1 aromatic carbocycles. The smallest absolute Gasteiger partial charge is 0.243 e. The third-order valence-corrected chi connectivity index (χ3v) is 4.00. The Morgan fingerprint density at radius 1 is 0.893 bits per heavy atom. The number of carbonyl (C=O) groups excluding carboxylic acids is 4. The van der Waals surface area contributed by atoms with Gasteiger partial charge >= 0.3 is 0 Å². The lowest BCUT2D eigenvalue weighted by atomic mass is 10.0. The van der Waals surface area contributed by atoms with Gasteiger partial charge in [0.2, 0.25) is 17.7 Å². The molecule has 1 rings (SSSR count). The van der Waals surface area contributed by atoms with Gasteiger partial charge in [0.05, 0.1) is 19.6 Å². The minimum absolute atomic E-state index is 0.0862. The number of amides is 3. The van der Waals surface area contributed by atoms with E-state index in [4.69, 9.17) is 0 Å². The Bertz CT molecular complexity index is 661. The van der Waals surface area contributed by atoms with Crippen molar-refractivity contribution in [3.63, 3.8) is 0 Å². The molecule has 154 valence electrons. The van der Waals surface area contributed by atoms with E-state index in [1.54, 1.807) is 13.8 Å². The molecule has 0 spiro atoms. The van der Waals surface area contributed by atoms with Crippen LogP contribution in [-0.2, 0) is 25.6 Å². The van der Waals surface area contributed by atoms with Crippen molar-refractivity contribution < 1.29 is 19.2 Å². The minimum Gasteiger partial charge on any atom is -0.347 e. The van der Waals surface area contributed by atoms with Crippen LogP contribution >= 0.6 is 0 Å². The fourth-order valence-corrected chi connectivity index (χ4v) is 2.29. The van der Waals surface area contributed by atoms with Crippen molar-refractivity contribution in [1.82, 2.24) is 21.3 Å². The molecule has 0 bridgehead atoms. The van der Waals surface area contributed by atoms with Crippen LogP contribution in [0.25, 0.3) is 0 Å². The maximum atomic E-state index is 12.5. The monoisotopic (exact) mass is 390 g/mol. The standard InChI is InChI=1S/C20H30N4O4/c1-4-21-12-18(26)22-13-19(27)24-16(10-15-8-6-5-7-9-15)20(28)23-11-17(25)14(2)3/h5-9,14,16,21H,4,10-13H2,1-3H3,(H,22,26)(H,23,28)(H,24,27). The lowest BCUT2D eigenvalue weighted by molar-refractivity contribution is -0.130. The largest absolute Gasteiger partial charge is 0.347 e. The van der Waals surface area contributed by atoms with E-state index in [0.29, 0.717) is 6.54 Å². The summed E-state index contributed by atoms with van der Waals surface area (Å²) in [6, 6.07) is 8.40. The highest BCUT2D eigenvalue weighted by Gasteiger charge is 2.22. The van der Waals surface area contributed by atoms with E-state index in [1.165, 1.54) is 0 Å². The normalized spacial score (nSPS) is 11.6. The number of Topliss-reactive ketones (excluding diaryl/α,β-unsaturated/α-hetero) is 1. The van der Waals surface area contributed by atoms with E-state index in [9.17, 15) is 19.2 Å². The van der Waals surface area contributed by atoms with Gasteiger partial charge in [-0.1, -0.05) is 51.1 Å². The van der Waals surface area contributed by atoms with Crippen molar-refractivity contribution in [2.45, 2.75) is 33.2 Å². The van der Waals surface area contributed by atoms with Crippen molar-refractivity contribution in [3.8, 4) is 0 Å². The molecule has 0 radical (unpaired) electrons. The van der Waals surface area contributed by atoms with Crippen LogP contribution in [0.4, 0.5) is 0 Å². The Balaban J connectivity index is 2.66. The molecule has 8 nitrogen and oxygen atoms in total. The Morgan fingerprint density at radius 2 is 1.57 bits per heavy atom. The first-order valence-electron chi connectivity index (χ1n) is 9.44. The number of rotatable bonds is 12. The zero-order valence-electron chi connectivity index (χ0n) is 16.7. The number of carbonyl (C=O) groups is 4. The van der Waals surface area contributed by atoms with Crippen LogP contribution in [0.1, 0.15) is 26.3 Å². The minimum atomic E-state index is -0.847. The van der Waals surface area contributed by atoms with E-state index in [1.807, 2.05) is 37.3 Å². The lowest BCUT2D eigenvalue weighted by Gasteiger charge is -2.19. The maximum Gasteiger partial charge on any atom is 0.243 e. The fraction of sp³-hybridized carbons (Fsp3) is 0.500. The van der Waals surface area contributed by atoms with Gasteiger partial charge in [0.25, 0.3) is 0 Å². The second-order valence-electron chi connectivity index (χ2n) is 6.71. The van der Waals surface area contributed by atoms with Gasteiger partial charge in [0, 0.05) is 12.3 Å². The van der Waals surface area contributed by atoms with Gasteiger partial charge in [-0.2, -0.15) is 0 Å². The number of benzene rings is 1. The van der Waals surface area contributed by atoms with Gasteiger partial charge in [-0.05, 0) is 12.1 Å². The molecule has 0 saturated heterocycles. The predicted octanol–water partition coefficient (Wildman–Crippen LogP) is -0.219. The topological polar surface area (TPSA) is 116 Å². The van der Waals surface area contributed by atoms with Crippen LogP contribution < -0.4 is 21.3 Å². The zero-order valence-corrected chi connectivity index (χ0v) is 16.7. The Morgan fingerprint density at radius 3 is 2.18 bits per heavy atom. The number of hydrogen-bond donors (Lipinski definition) is 4. The summed E-state index contributed by atoms with van der Waals surface area (Å²) in [6.07, 6.45) is 0.277. The summed E-state index contributed by atoms with van der Waals surface area (Å²) in [5.41, 5.74) is 0.870. The summed E-state index contributed by atoms with van der Waals surface area (Å²) in [5.74, 6) is -1.49. The van der Waals surface area contributed by atoms with Gasteiger partial charge in [-0.3, -0.25) is 19.2 Å². The van der Waals surface area contributed by atoms with Gasteiger partial charge in [0.1, 0.15) is 6.04 Å². The molecule has 0 aliphatic heterocycles. The number of likely N-dealkylation sites (N-methyl/N-ethyl adjacent to an activating group) is 1. The highest BCUT2D eigenvalue weighted by Crippen LogP contribution is 2.04. The van der Waals surface area contributed by atoms with E-state index in [0.717, 1.165) is 5.56 Å². The predicted molar refractivity (Wildman–Crippen MR) is 106 cm³/mol. The third kappa shape index (κ3) is 9.27. The Labute approximate surface area is 165 Å². The quantitative estimate of drug-likeness (QED) is 0.394. The van der Waals surface area contributed by atoms with Gasteiger partial charge < -0.3 is 21.3 Å².